The molecule has 0 spiro atoms. The fourth-order valence-electron chi connectivity index (χ4n) is 1.75. The third-order valence-electron chi connectivity index (χ3n) is 2.72. The number of methoxy groups -OCH3 is 1. The first-order valence-corrected chi connectivity index (χ1v) is 7.22. The van der Waals surface area contributed by atoms with Gasteiger partial charge < -0.3 is 10.1 Å². The highest BCUT2D eigenvalue weighted by atomic mass is 32.2. The van der Waals surface area contributed by atoms with Gasteiger partial charge in [0.15, 0.2) is 0 Å². The van der Waals surface area contributed by atoms with Gasteiger partial charge in [0.1, 0.15) is 0 Å². The van der Waals surface area contributed by atoms with E-state index in [1.807, 2.05) is 36.4 Å². The molecule has 0 aromatic heterocycles. The first kappa shape index (κ1) is 16.0. The Balaban J connectivity index is 2.08. The Hall–Kier alpha value is -2.38. The average molecular weight is 318 g/mol. The van der Waals surface area contributed by atoms with Crippen molar-refractivity contribution >= 4 is 23.4 Å². The molecule has 0 radical (unpaired) electrons. The van der Waals surface area contributed by atoms with E-state index in [4.69, 9.17) is 0 Å². The summed E-state index contributed by atoms with van der Waals surface area (Å²) in [7, 11) is 1.12. The van der Waals surface area contributed by atoms with Crippen molar-refractivity contribution in [1.29, 1.82) is 0 Å². The molecule has 2 aromatic rings. The van der Waals surface area contributed by atoms with Gasteiger partial charge in [0.05, 0.1) is 4.92 Å². The number of anilines is 1. The molecule has 2 rings (SSSR count). The van der Waals surface area contributed by atoms with Crippen molar-refractivity contribution in [2.24, 2.45) is 0 Å². The molecule has 1 amide bonds. The molecule has 22 heavy (non-hydrogen) atoms. The molecule has 0 bridgehead atoms. The van der Waals surface area contributed by atoms with Crippen molar-refractivity contribution in [1.82, 2.24) is 0 Å². The van der Waals surface area contributed by atoms with Gasteiger partial charge in [0.2, 0.25) is 0 Å². The number of carbonyl (C=O) groups is 1. The smallest absolute Gasteiger partial charge is 0.318 e. The van der Waals surface area contributed by atoms with Crippen LogP contribution in [-0.2, 0) is 9.53 Å². The van der Waals surface area contributed by atoms with Gasteiger partial charge in [-0.2, -0.15) is 0 Å². The number of ether oxygens (including phenoxy) is 1. The molecule has 0 aliphatic heterocycles. The molecule has 1 unspecified atom stereocenters. The Morgan fingerprint density at radius 3 is 2.50 bits per heavy atom. The van der Waals surface area contributed by atoms with Crippen molar-refractivity contribution in [3.05, 3.63) is 64.7 Å². The van der Waals surface area contributed by atoms with Crippen LogP contribution in [-0.4, -0.2) is 24.2 Å². The number of nitrogens with zero attached hydrogens (tertiary/aromatic N) is 1. The molecule has 0 aliphatic rings. The van der Waals surface area contributed by atoms with Gasteiger partial charge in [-0.05, 0) is 30.3 Å². The second kappa shape index (κ2) is 7.58. The number of rotatable bonds is 6. The lowest BCUT2D eigenvalue weighted by Crippen LogP contribution is -2.36. The van der Waals surface area contributed by atoms with Gasteiger partial charge in [-0.1, -0.05) is 36.0 Å². The summed E-state index contributed by atoms with van der Waals surface area (Å²) in [4.78, 5) is 23.7. The van der Waals surface area contributed by atoms with E-state index in [-0.39, 0.29) is 0 Å². The molecule has 1 N–H and O–H groups in total. The van der Waals surface area contributed by atoms with Crippen molar-refractivity contribution in [3.8, 4) is 0 Å². The zero-order valence-electron chi connectivity index (χ0n) is 11.8. The van der Waals surface area contributed by atoms with Gasteiger partial charge in [-0.15, -0.1) is 0 Å². The molecule has 0 fully saturated rings. The molecule has 1 atom stereocenters. The van der Waals surface area contributed by atoms with Crippen LogP contribution in [0.15, 0.2) is 64.4 Å². The summed E-state index contributed by atoms with van der Waals surface area (Å²) in [5.74, 6) is -0.811. The summed E-state index contributed by atoms with van der Waals surface area (Å²) in [6.45, 7) is 0. The molecule has 6 nitrogen and oxygen atoms in total. The highest BCUT2D eigenvalue weighted by Crippen LogP contribution is 2.29. The zero-order chi connectivity index (χ0) is 15.9. The maximum absolute atomic E-state index is 11.8. The van der Waals surface area contributed by atoms with Crippen molar-refractivity contribution in [3.63, 3.8) is 0 Å². The van der Waals surface area contributed by atoms with E-state index >= 15 is 0 Å². The zero-order valence-corrected chi connectivity index (χ0v) is 12.6. The van der Waals surface area contributed by atoms with Gasteiger partial charge in [-0.3, -0.25) is 14.9 Å². The van der Waals surface area contributed by atoms with E-state index in [1.54, 1.807) is 18.2 Å². The Labute approximate surface area is 131 Å². The average Bonchev–Trinajstić information content (AvgIpc) is 2.49. The maximum atomic E-state index is 11.8. The molecule has 0 saturated heterocycles. The van der Waals surface area contributed by atoms with Crippen LogP contribution in [0.25, 0.3) is 0 Å². The standard InChI is InChI=1S/C15H14N2O4S/c1-21-15(17(19)20)14(18)16-11-6-5-9-13(10-11)22-12-7-3-2-4-8-12/h2-10,15H,1H3,(H,16,18). The summed E-state index contributed by atoms with van der Waals surface area (Å²) in [5.41, 5.74) is 0.481. The lowest BCUT2D eigenvalue weighted by atomic mass is 10.3. The number of nitro groups is 1. The fourth-order valence-corrected chi connectivity index (χ4v) is 2.65. The van der Waals surface area contributed by atoms with Crippen molar-refractivity contribution in [2.45, 2.75) is 16.0 Å². The Morgan fingerprint density at radius 2 is 1.86 bits per heavy atom. The van der Waals surface area contributed by atoms with Crippen LogP contribution >= 0.6 is 11.8 Å². The Morgan fingerprint density at radius 1 is 1.18 bits per heavy atom. The maximum Gasteiger partial charge on any atom is 0.394 e. The van der Waals surface area contributed by atoms with E-state index in [1.165, 1.54) is 11.8 Å². The minimum atomic E-state index is -1.72. The molecule has 7 heteroatoms. The summed E-state index contributed by atoms with van der Waals surface area (Å²) in [6.07, 6.45) is -1.72. The van der Waals surface area contributed by atoms with E-state index in [9.17, 15) is 14.9 Å². The second-order valence-corrected chi connectivity index (χ2v) is 5.45. The Bertz CT molecular complexity index is 664. The van der Waals surface area contributed by atoms with Gasteiger partial charge in [0, 0.05) is 22.6 Å². The van der Waals surface area contributed by atoms with Crippen LogP contribution in [0.1, 0.15) is 0 Å². The van der Waals surface area contributed by atoms with Crippen molar-refractivity contribution < 1.29 is 14.5 Å². The number of carbonyl (C=O) groups excluding carboxylic acids is 1. The molecule has 0 aliphatic carbocycles. The number of hydrogen-bond donors (Lipinski definition) is 1. The minimum absolute atomic E-state index is 0.481. The molecule has 2 aromatic carbocycles. The lowest BCUT2D eigenvalue weighted by molar-refractivity contribution is -0.554. The summed E-state index contributed by atoms with van der Waals surface area (Å²) >= 11 is 1.53. The third kappa shape index (κ3) is 4.31. The van der Waals surface area contributed by atoms with Crippen LogP contribution < -0.4 is 5.32 Å². The predicted octanol–water partition coefficient (Wildman–Crippen LogP) is 3.03. The highest BCUT2D eigenvalue weighted by molar-refractivity contribution is 7.99. The molecule has 0 heterocycles. The topological polar surface area (TPSA) is 81.5 Å². The number of amides is 1. The van der Waals surface area contributed by atoms with Crippen LogP contribution in [0.4, 0.5) is 5.69 Å². The third-order valence-corrected chi connectivity index (χ3v) is 3.72. The Kier molecular flexibility index (Phi) is 5.51. The molecular weight excluding hydrogens is 304 g/mol. The predicted molar refractivity (Wildman–Crippen MR) is 83.4 cm³/mol. The minimum Gasteiger partial charge on any atom is -0.318 e. The van der Waals surface area contributed by atoms with Crippen molar-refractivity contribution in [2.75, 3.05) is 12.4 Å². The van der Waals surface area contributed by atoms with Crippen LogP contribution in [0.2, 0.25) is 0 Å². The van der Waals surface area contributed by atoms with E-state index in [0.29, 0.717) is 5.69 Å². The number of nitrogens with one attached hydrogen (secondary N) is 1. The van der Waals surface area contributed by atoms with Gasteiger partial charge >= 0.3 is 12.1 Å². The van der Waals surface area contributed by atoms with E-state index < -0.39 is 17.1 Å². The van der Waals surface area contributed by atoms with Gasteiger partial charge in [0.25, 0.3) is 0 Å². The second-order valence-electron chi connectivity index (χ2n) is 4.31. The first-order valence-electron chi connectivity index (χ1n) is 6.40. The molecule has 0 saturated carbocycles. The number of hydrogen-bond acceptors (Lipinski definition) is 5. The van der Waals surface area contributed by atoms with Gasteiger partial charge in [-0.25, -0.2) is 0 Å². The largest absolute Gasteiger partial charge is 0.394 e. The van der Waals surface area contributed by atoms with Crippen LogP contribution in [0, 0.1) is 10.1 Å². The van der Waals surface area contributed by atoms with Crippen LogP contribution in [0.5, 0.6) is 0 Å². The molecule has 114 valence electrons. The van der Waals surface area contributed by atoms with E-state index in [2.05, 4.69) is 10.1 Å². The monoisotopic (exact) mass is 318 g/mol. The normalized spacial score (nSPS) is 11.7. The summed E-state index contributed by atoms with van der Waals surface area (Å²) < 4.78 is 4.56. The quantitative estimate of drug-likeness (QED) is 0.503. The van der Waals surface area contributed by atoms with E-state index in [0.717, 1.165) is 16.9 Å². The first-order chi connectivity index (χ1) is 10.6. The van der Waals surface area contributed by atoms with Crippen LogP contribution in [0.3, 0.4) is 0 Å². The fraction of sp³-hybridized carbons (Fsp3) is 0.133. The summed E-state index contributed by atoms with van der Waals surface area (Å²) in [5, 5.41) is 13.2. The molecular formula is C15H14N2O4S. The number of benzene rings is 2. The summed E-state index contributed by atoms with van der Waals surface area (Å²) in [6, 6.07) is 16.9. The lowest BCUT2D eigenvalue weighted by Gasteiger charge is -2.09. The SMILES string of the molecule is COC(C(=O)Nc1cccc(Sc2ccccc2)c1)[N+](=O)[O-]. The highest BCUT2D eigenvalue weighted by Gasteiger charge is 2.29.